The van der Waals surface area contributed by atoms with Crippen molar-refractivity contribution in [3.8, 4) is 0 Å². The largest absolute Gasteiger partial charge is 0.372 e. The third-order valence-corrected chi connectivity index (χ3v) is 2.60. The number of methoxy groups -OCH3 is 1. The topological polar surface area (TPSA) is 55.6 Å². The third kappa shape index (κ3) is 2.59. The van der Waals surface area contributed by atoms with Crippen molar-refractivity contribution in [3.05, 3.63) is 29.8 Å². The van der Waals surface area contributed by atoms with Crippen molar-refractivity contribution in [2.75, 3.05) is 19.1 Å². The van der Waals surface area contributed by atoms with Gasteiger partial charge in [0.2, 0.25) is 0 Å². The van der Waals surface area contributed by atoms with Crippen molar-refractivity contribution in [2.24, 2.45) is 5.73 Å². The number of ether oxygens (including phenoxy) is 1. The van der Waals surface area contributed by atoms with Crippen molar-refractivity contribution in [3.63, 3.8) is 0 Å². The molecule has 0 fully saturated rings. The molecular formula is C12H18N2O2. The number of nitrogens with zero attached hydrogens (tertiary/aromatic N) is 1. The zero-order valence-electron chi connectivity index (χ0n) is 9.93. The summed E-state index contributed by atoms with van der Waals surface area (Å²) < 4.78 is 5.01. The van der Waals surface area contributed by atoms with Gasteiger partial charge in [0.05, 0.1) is 0 Å². The molecule has 0 aliphatic carbocycles. The van der Waals surface area contributed by atoms with E-state index in [1.54, 1.807) is 18.9 Å². The fraction of sp³-hybridized carbons (Fsp3) is 0.417. The molecule has 4 nitrogen and oxygen atoms in total. The number of anilines is 1. The highest BCUT2D eigenvalue weighted by Gasteiger charge is 2.19. The molecule has 0 saturated heterocycles. The smallest absolute Gasteiger partial charge is 0.255 e. The quantitative estimate of drug-likeness (QED) is 0.831. The average molecular weight is 222 g/mol. The highest BCUT2D eigenvalue weighted by molar-refractivity contribution is 5.96. The van der Waals surface area contributed by atoms with E-state index in [1.165, 1.54) is 7.11 Å². The van der Waals surface area contributed by atoms with Crippen LogP contribution >= 0.6 is 0 Å². The number of benzene rings is 1. The van der Waals surface area contributed by atoms with Crippen molar-refractivity contribution >= 4 is 11.6 Å². The average Bonchev–Trinajstić information content (AvgIpc) is 2.35. The van der Waals surface area contributed by atoms with Crippen LogP contribution in [0.3, 0.4) is 0 Å². The third-order valence-electron chi connectivity index (χ3n) is 2.60. The van der Waals surface area contributed by atoms with Crippen molar-refractivity contribution in [1.82, 2.24) is 0 Å². The Morgan fingerprint density at radius 2 is 2.12 bits per heavy atom. The number of rotatable bonds is 4. The minimum Gasteiger partial charge on any atom is -0.372 e. The van der Waals surface area contributed by atoms with Crippen LogP contribution in [0, 0.1) is 0 Å². The molecule has 1 atom stereocenters. The first kappa shape index (κ1) is 12.7. The Morgan fingerprint density at radius 1 is 1.50 bits per heavy atom. The Bertz CT molecular complexity index is 366. The Hall–Kier alpha value is -1.39. The van der Waals surface area contributed by atoms with E-state index < -0.39 is 6.10 Å². The molecule has 0 aliphatic heterocycles. The van der Waals surface area contributed by atoms with Crippen LogP contribution in [0.1, 0.15) is 12.5 Å². The molecular weight excluding hydrogens is 204 g/mol. The van der Waals surface area contributed by atoms with Gasteiger partial charge in [-0.15, -0.1) is 0 Å². The second kappa shape index (κ2) is 5.63. The van der Waals surface area contributed by atoms with Crippen molar-refractivity contribution in [1.29, 1.82) is 0 Å². The molecule has 0 aliphatic rings. The number of hydrogen-bond donors (Lipinski definition) is 1. The number of amides is 1. The minimum atomic E-state index is -0.448. The fourth-order valence-electron chi connectivity index (χ4n) is 1.50. The van der Waals surface area contributed by atoms with Crippen LogP contribution in [0.5, 0.6) is 0 Å². The lowest BCUT2D eigenvalue weighted by atomic mass is 10.1. The maximum atomic E-state index is 11.9. The lowest BCUT2D eigenvalue weighted by Gasteiger charge is -2.22. The summed E-state index contributed by atoms with van der Waals surface area (Å²) in [4.78, 5) is 13.5. The van der Waals surface area contributed by atoms with Gasteiger partial charge in [-0.1, -0.05) is 18.2 Å². The van der Waals surface area contributed by atoms with Crippen LogP contribution in [0.2, 0.25) is 0 Å². The Kier molecular flexibility index (Phi) is 4.46. The Labute approximate surface area is 96.0 Å². The summed E-state index contributed by atoms with van der Waals surface area (Å²) in [6, 6.07) is 7.58. The first-order valence-electron chi connectivity index (χ1n) is 5.20. The summed E-state index contributed by atoms with van der Waals surface area (Å²) in [5.74, 6) is -0.0802. The van der Waals surface area contributed by atoms with E-state index in [-0.39, 0.29) is 5.91 Å². The molecule has 16 heavy (non-hydrogen) atoms. The number of carbonyl (C=O) groups is 1. The van der Waals surface area contributed by atoms with Gasteiger partial charge in [-0.25, -0.2) is 0 Å². The van der Waals surface area contributed by atoms with E-state index >= 15 is 0 Å². The highest BCUT2D eigenvalue weighted by Crippen LogP contribution is 2.19. The summed E-state index contributed by atoms with van der Waals surface area (Å²) >= 11 is 0. The second-order valence-electron chi connectivity index (χ2n) is 3.61. The summed E-state index contributed by atoms with van der Waals surface area (Å²) in [5, 5.41) is 0. The van der Waals surface area contributed by atoms with E-state index in [2.05, 4.69) is 0 Å². The molecule has 1 amide bonds. The minimum absolute atomic E-state index is 0.0802. The summed E-state index contributed by atoms with van der Waals surface area (Å²) in [5.41, 5.74) is 7.41. The molecule has 0 bridgehead atoms. The summed E-state index contributed by atoms with van der Waals surface area (Å²) in [7, 11) is 3.25. The molecule has 1 aromatic rings. The molecule has 2 N–H and O–H groups in total. The maximum Gasteiger partial charge on any atom is 0.255 e. The van der Waals surface area contributed by atoms with E-state index in [1.807, 2.05) is 24.3 Å². The van der Waals surface area contributed by atoms with Gasteiger partial charge in [-0.3, -0.25) is 4.79 Å². The van der Waals surface area contributed by atoms with Crippen LogP contribution in [0.4, 0.5) is 5.69 Å². The van der Waals surface area contributed by atoms with Gasteiger partial charge in [0.15, 0.2) is 0 Å². The Balaban J connectivity index is 2.95. The summed E-state index contributed by atoms with van der Waals surface area (Å²) in [6.45, 7) is 2.14. The highest BCUT2D eigenvalue weighted by atomic mass is 16.5. The Morgan fingerprint density at radius 3 is 2.69 bits per heavy atom. The SMILES string of the molecule is COC(C)C(=O)N(C)c1ccccc1CN. The lowest BCUT2D eigenvalue weighted by molar-refractivity contribution is -0.127. The van der Waals surface area contributed by atoms with Crippen LogP contribution in [-0.2, 0) is 16.1 Å². The molecule has 0 heterocycles. The van der Waals surface area contributed by atoms with Gasteiger partial charge in [0, 0.05) is 26.4 Å². The first-order valence-corrected chi connectivity index (χ1v) is 5.20. The molecule has 4 heteroatoms. The van der Waals surface area contributed by atoms with E-state index in [4.69, 9.17) is 10.5 Å². The van der Waals surface area contributed by atoms with Gasteiger partial charge in [-0.05, 0) is 18.6 Å². The predicted octanol–water partition coefficient (Wildman–Crippen LogP) is 1.14. The molecule has 0 saturated carbocycles. The molecule has 0 radical (unpaired) electrons. The first-order chi connectivity index (χ1) is 7.61. The van der Waals surface area contributed by atoms with E-state index in [9.17, 15) is 4.79 Å². The molecule has 88 valence electrons. The molecule has 0 aromatic heterocycles. The van der Waals surface area contributed by atoms with Gasteiger partial charge in [0.1, 0.15) is 6.10 Å². The van der Waals surface area contributed by atoms with Crippen LogP contribution < -0.4 is 10.6 Å². The zero-order valence-corrected chi connectivity index (χ0v) is 9.93. The molecule has 0 spiro atoms. The maximum absolute atomic E-state index is 11.9. The van der Waals surface area contributed by atoms with E-state index in [0.29, 0.717) is 6.54 Å². The number of carbonyl (C=O) groups excluding carboxylic acids is 1. The fourth-order valence-corrected chi connectivity index (χ4v) is 1.50. The molecule has 1 unspecified atom stereocenters. The zero-order chi connectivity index (χ0) is 12.1. The van der Waals surface area contributed by atoms with Gasteiger partial charge in [-0.2, -0.15) is 0 Å². The summed E-state index contributed by atoms with van der Waals surface area (Å²) in [6.07, 6.45) is -0.448. The van der Waals surface area contributed by atoms with Crippen LogP contribution in [-0.4, -0.2) is 26.2 Å². The van der Waals surface area contributed by atoms with Gasteiger partial charge >= 0.3 is 0 Å². The van der Waals surface area contributed by atoms with Crippen molar-refractivity contribution in [2.45, 2.75) is 19.6 Å². The van der Waals surface area contributed by atoms with Gasteiger partial charge in [0.25, 0.3) is 5.91 Å². The number of para-hydroxylation sites is 1. The lowest BCUT2D eigenvalue weighted by Crippen LogP contribution is -2.36. The second-order valence-corrected chi connectivity index (χ2v) is 3.61. The monoisotopic (exact) mass is 222 g/mol. The molecule has 1 rings (SSSR count). The molecule has 1 aromatic carbocycles. The number of likely N-dealkylation sites (N-methyl/N-ethyl adjacent to an activating group) is 1. The predicted molar refractivity (Wildman–Crippen MR) is 64.2 cm³/mol. The van der Waals surface area contributed by atoms with Crippen molar-refractivity contribution < 1.29 is 9.53 Å². The number of nitrogens with two attached hydrogens (primary N) is 1. The standard InChI is InChI=1S/C12H18N2O2/c1-9(16-3)12(15)14(2)11-7-5-4-6-10(11)8-13/h4-7,9H,8,13H2,1-3H3. The normalized spacial score (nSPS) is 12.2. The van der Waals surface area contributed by atoms with E-state index in [0.717, 1.165) is 11.3 Å². The number of hydrogen-bond acceptors (Lipinski definition) is 3. The van der Waals surface area contributed by atoms with Crippen LogP contribution in [0.25, 0.3) is 0 Å². The van der Waals surface area contributed by atoms with Gasteiger partial charge < -0.3 is 15.4 Å². The van der Waals surface area contributed by atoms with Crippen LogP contribution in [0.15, 0.2) is 24.3 Å².